The van der Waals surface area contributed by atoms with Gasteiger partial charge in [0.25, 0.3) is 0 Å². The van der Waals surface area contributed by atoms with E-state index in [0.29, 0.717) is 6.54 Å². The van der Waals surface area contributed by atoms with Crippen LogP contribution < -0.4 is 5.32 Å². The maximum atomic E-state index is 11.6. The van der Waals surface area contributed by atoms with E-state index in [1.54, 1.807) is 0 Å². The number of rotatable bonds is 5. The van der Waals surface area contributed by atoms with Crippen LogP contribution in [0.2, 0.25) is 0 Å². The number of ether oxygens (including phenoxy) is 1. The van der Waals surface area contributed by atoms with Gasteiger partial charge in [-0.2, -0.15) is 0 Å². The molecule has 2 rings (SSSR count). The maximum Gasteiger partial charge on any atom is 0.407 e. The Balaban J connectivity index is 1.73. The summed E-state index contributed by atoms with van der Waals surface area (Å²) in [4.78, 5) is 11.6. The van der Waals surface area contributed by atoms with Gasteiger partial charge in [0.2, 0.25) is 0 Å². The van der Waals surface area contributed by atoms with E-state index < -0.39 is 6.09 Å². The van der Waals surface area contributed by atoms with Crippen LogP contribution in [0, 0.1) is 0 Å². The zero-order valence-corrected chi connectivity index (χ0v) is 14.6. The lowest BCUT2D eigenvalue weighted by Crippen LogP contribution is -2.24. The summed E-state index contributed by atoms with van der Waals surface area (Å²) < 4.78 is 5.15. The average molecular weight is 323 g/mol. The number of benzene rings is 2. The molecule has 0 saturated heterocycles. The van der Waals surface area contributed by atoms with E-state index in [-0.39, 0.29) is 12.0 Å². The highest BCUT2D eigenvalue weighted by Crippen LogP contribution is 2.22. The molecule has 3 heteroatoms. The van der Waals surface area contributed by atoms with E-state index in [1.165, 1.54) is 5.56 Å². The molecule has 0 spiro atoms. The van der Waals surface area contributed by atoms with Crippen molar-refractivity contribution in [3.05, 3.63) is 77.4 Å². The van der Waals surface area contributed by atoms with Crippen LogP contribution >= 0.6 is 0 Å². The summed E-state index contributed by atoms with van der Waals surface area (Å²) in [6, 6.07) is 18.1. The Kier molecular flexibility index (Phi) is 6.19. The van der Waals surface area contributed by atoms with Gasteiger partial charge in [0.1, 0.15) is 6.61 Å². The summed E-state index contributed by atoms with van der Waals surface area (Å²) in [5.41, 5.74) is 3.55. The van der Waals surface area contributed by atoms with Crippen LogP contribution in [0.5, 0.6) is 0 Å². The molecule has 0 aliphatic carbocycles. The normalized spacial score (nSPS) is 11.5. The Morgan fingerprint density at radius 1 is 1.04 bits per heavy atom. The quantitative estimate of drug-likeness (QED) is 0.848. The molecule has 0 atom stereocenters. The molecule has 2 aromatic rings. The summed E-state index contributed by atoms with van der Waals surface area (Å²) >= 11 is 0. The van der Waals surface area contributed by atoms with E-state index in [2.05, 4.69) is 50.4 Å². The molecule has 0 aliphatic rings. The zero-order chi connectivity index (χ0) is 17.4. The molecule has 0 fully saturated rings. The fourth-order valence-electron chi connectivity index (χ4n) is 2.21. The van der Waals surface area contributed by atoms with Gasteiger partial charge in [-0.25, -0.2) is 4.79 Å². The molecule has 0 aliphatic heterocycles. The van der Waals surface area contributed by atoms with Crippen molar-refractivity contribution in [2.24, 2.45) is 0 Å². The van der Waals surface area contributed by atoms with E-state index in [4.69, 9.17) is 4.74 Å². The van der Waals surface area contributed by atoms with E-state index in [9.17, 15) is 4.79 Å². The van der Waals surface area contributed by atoms with Crippen molar-refractivity contribution in [3.8, 4) is 0 Å². The van der Waals surface area contributed by atoms with Crippen molar-refractivity contribution < 1.29 is 9.53 Å². The second kappa shape index (κ2) is 8.34. The van der Waals surface area contributed by atoms with E-state index in [1.807, 2.05) is 42.5 Å². The van der Waals surface area contributed by atoms with Gasteiger partial charge in [-0.15, -0.1) is 0 Å². The molecule has 2 aromatic carbocycles. The lowest BCUT2D eigenvalue weighted by atomic mass is 9.87. The maximum absolute atomic E-state index is 11.6. The number of alkyl carbamates (subject to hydrolysis) is 1. The third-order valence-electron chi connectivity index (χ3n) is 3.66. The molecule has 3 nitrogen and oxygen atoms in total. The smallest absolute Gasteiger partial charge is 0.407 e. The zero-order valence-electron chi connectivity index (χ0n) is 14.6. The molecular formula is C21H25NO2. The van der Waals surface area contributed by atoms with Crippen molar-refractivity contribution in [1.29, 1.82) is 0 Å². The minimum Gasteiger partial charge on any atom is -0.445 e. The van der Waals surface area contributed by atoms with Crippen molar-refractivity contribution in [2.75, 3.05) is 6.54 Å². The van der Waals surface area contributed by atoms with Gasteiger partial charge >= 0.3 is 6.09 Å². The van der Waals surface area contributed by atoms with Crippen molar-refractivity contribution in [1.82, 2.24) is 5.32 Å². The standard InChI is InChI=1S/C21H25NO2/c1-21(2,3)19-13-11-17(12-14-19)10-7-15-22-20(23)24-16-18-8-5-4-6-9-18/h4-14H,15-16H2,1-3H3,(H,22,23). The number of amides is 1. The number of carbonyl (C=O) groups is 1. The molecule has 0 bridgehead atoms. The number of nitrogens with one attached hydrogen (secondary N) is 1. The fourth-order valence-corrected chi connectivity index (χ4v) is 2.21. The molecule has 0 heterocycles. The summed E-state index contributed by atoms with van der Waals surface area (Å²) in [5, 5.41) is 2.71. The number of hydrogen-bond donors (Lipinski definition) is 1. The third kappa shape index (κ3) is 5.92. The van der Waals surface area contributed by atoms with Gasteiger partial charge in [0.05, 0.1) is 0 Å². The Labute approximate surface area is 144 Å². The van der Waals surface area contributed by atoms with E-state index in [0.717, 1.165) is 11.1 Å². The van der Waals surface area contributed by atoms with Gasteiger partial charge < -0.3 is 10.1 Å². The predicted molar refractivity (Wildman–Crippen MR) is 98.8 cm³/mol. The highest BCUT2D eigenvalue weighted by molar-refractivity contribution is 5.67. The van der Waals surface area contributed by atoms with Crippen molar-refractivity contribution in [2.45, 2.75) is 32.8 Å². The SMILES string of the molecule is CC(C)(C)c1ccc(C=CCNC(=O)OCc2ccccc2)cc1. The van der Waals surface area contributed by atoms with Gasteiger partial charge in [0.15, 0.2) is 0 Å². The second-order valence-electron chi connectivity index (χ2n) is 6.72. The summed E-state index contributed by atoms with van der Waals surface area (Å²) in [5.74, 6) is 0. The third-order valence-corrected chi connectivity index (χ3v) is 3.66. The lowest BCUT2D eigenvalue weighted by molar-refractivity contribution is 0.141. The van der Waals surface area contributed by atoms with Crippen LogP contribution in [0.3, 0.4) is 0 Å². The minimum atomic E-state index is -0.411. The minimum absolute atomic E-state index is 0.159. The van der Waals surface area contributed by atoms with Crippen molar-refractivity contribution in [3.63, 3.8) is 0 Å². The average Bonchev–Trinajstić information content (AvgIpc) is 2.57. The first-order valence-corrected chi connectivity index (χ1v) is 8.17. The Morgan fingerprint density at radius 3 is 2.33 bits per heavy atom. The van der Waals surface area contributed by atoms with Crippen LogP contribution in [0.4, 0.5) is 4.79 Å². The van der Waals surface area contributed by atoms with E-state index >= 15 is 0 Å². The predicted octanol–water partition coefficient (Wildman–Crippen LogP) is 4.92. The molecular weight excluding hydrogens is 298 g/mol. The van der Waals surface area contributed by atoms with Gasteiger partial charge in [-0.05, 0) is 22.1 Å². The monoisotopic (exact) mass is 323 g/mol. The first kappa shape index (κ1) is 17.8. The first-order chi connectivity index (χ1) is 11.4. The largest absolute Gasteiger partial charge is 0.445 e. The molecule has 0 saturated carbocycles. The first-order valence-electron chi connectivity index (χ1n) is 8.17. The highest BCUT2D eigenvalue weighted by Gasteiger charge is 2.12. The molecule has 1 N–H and O–H groups in total. The molecule has 0 aromatic heterocycles. The molecule has 1 amide bonds. The van der Waals surface area contributed by atoms with Crippen molar-refractivity contribution >= 4 is 12.2 Å². The topological polar surface area (TPSA) is 38.3 Å². The Hall–Kier alpha value is -2.55. The van der Waals surface area contributed by atoms with Crippen LogP contribution in [0.25, 0.3) is 6.08 Å². The van der Waals surface area contributed by atoms with Crippen LogP contribution in [-0.2, 0) is 16.8 Å². The Bertz CT molecular complexity index is 667. The number of carbonyl (C=O) groups excluding carboxylic acids is 1. The fraction of sp³-hybridized carbons (Fsp3) is 0.286. The highest BCUT2D eigenvalue weighted by atomic mass is 16.5. The van der Waals surface area contributed by atoms with Gasteiger partial charge in [-0.1, -0.05) is 87.5 Å². The van der Waals surface area contributed by atoms with Crippen LogP contribution in [-0.4, -0.2) is 12.6 Å². The van der Waals surface area contributed by atoms with Gasteiger partial charge in [0, 0.05) is 6.54 Å². The summed E-state index contributed by atoms with van der Waals surface area (Å²) in [7, 11) is 0. The second-order valence-corrected chi connectivity index (χ2v) is 6.72. The molecule has 24 heavy (non-hydrogen) atoms. The Morgan fingerprint density at radius 2 is 1.71 bits per heavy atom. The van der Waals surface area contributed by atoms with Crippen LogP contribution in [0.15, 0.2) is 60.7 Å². The van der Waals surface area contributed by atoms with Crippen LogP contribution in [0.1, 0.15) is 37.5 Å². The molecule has 0 radical (unpaired) electrons. The lowest BCUT2D eigenvalue weighted by Gasteiger charge is -2.18. The number of hydrogen-bond acceptors (Lipinski definition) is 2. The molecule has 126 valence electrons. The van der Waals surface area contributed by atoms with Gasteiger partial charge in [-0.3, -0.25) is 0 Å². The molecule has 0 unspecified atom stereocenters. The summed E-state index contributed by atoms with van der Waals surface area (Å²) in [6.07, 6.45) is 3.49. The summed E-state index contributed by atoms with van der Waals surface area (Å²) in [6.45, 7) is 7.31.